The quantitative estimate of drug-likeness (QED) is 0.289. The van der Waals surface area contributed by atoms with E-state index in [0.717, 1.165) is 11.8 Å². The normalized spacial score (nSPS) is 14.6. The third kappa shape index (κ3) is 8.49. The number of hydrogen-bond donors (Lipinski definition) is 4. The van der Waals surface area contributed by atoms with E-state index in [2.05, 4.69) is 37.8 Å². The molecule has 0 saturated carbocycles. The standard InChI is InChI=1S/C31H27F3N6O3/c1-3-27(41)37-22-8-5-9-23(15-14-22)40-30-35-17-25(18-36-30)39-29(43)26-16-24(13-10-19(26)2)38-28(42)20-6-4-7-21(12-11-20)31(32,33)34/h3-11,13-14,16-18H,1,12,15H2,2H3,(H,37,41)(H,38,42)(H,39,43)(H,35,36,40). The van der Waals surface area contributed by atoms with Crippen LogP contribution in [-0.4, -0.2) is 33.9 Å². The molecule has 1 aromatic carbocycles. The largest absolute Gasteiger partial charge is 0.412 e. The Labute approximate surface area is 245 Å². The second-order valence-electron chi connectivity index (χ2n) is 9.38. The fourth-order valence-electron chi connectivity index (χ4n) is 3.95. The summed E-state index contributed by atoms with van der Waals surface area (Å²) in [5.41, 5.74) is 2.25. The molecule has 0 unspecified atom stereocenters. The third-order valence-corrected chi connectivity index (χ3v) is 6.23. The van der Waals surface area contributed by atoms with E-state index in [-0.39, 0.29) is 17.0 Å². The minimum Gasteiger partial charge on any atom is -0.328 e. The van der Waals surface area contributed by atoms with Gasteiger partial charge in [-0.2, -0.15) is 13.2 Å². The number of alkyl halides is 3. The number of hydrogen-bond acceptors (Lipinski definition) is 6. The minimum absolute atomic E-state index is 0.0690. The van der Waals surface area contributed by atoms with Crippen molar-refractivity contribution in [2.24, 2.45) is 0 Å². The van der Waals surface area contributed by atoms with Crippen LogP contribution in [0.5, 0.6) is 0 Å². The number of benzene rings is 1. The number of nitrogens with zero attached hydrogens (tertiary/aromatic N) is 2. The number of anilines is 3. The fraction of sp³-hybridized carbons (Fsp3) is 0.129. The number of amides is 3. The second kappa shape index (κ2) is 13.4. The van der Waals surface area contributed by atoms with Crippen LogP contribution in [0.4, 0.5) is 30.5 Å². The molecule has 2 aromatic rings. The van der Waals surface area contributed by atoms with Crippen LogP contribution >= 0.6 is 0 Å². The van der Waals surface area contributed by atoms with Gasteiger partial charge in [0.1, 0.15) is 0 Å². The number of allylic oxidation sites excluding steroid dienone is 8. The first-order valence-electron chi connectivity index (χ1n) is 13.0. The minimum atomic E-state index is -4.48. The number of halogens is 3. The number of carbonyl (C=O) groups excluding carboxylic acids is 3. The van der Waals surface area contributed by atoms with Crippen LogP contribution < -0.4 is 21.3 Å². The molecular formula is C31H27F3N6O3. The monoisotopic (exact) mass is 588 g/mol. The lowest BCUT2D eigenvalue weighted by Gasteiger charge is -2.12. The van der Waals surface area contributed by atoms with Crippen molar-refractivity contribution in [3.63, 3.8) is 0 Å². The first-order chi connectivity index (χ1) is 20.5. The molecule has 2 aliphatic rings. The zero-order valence-electron chi connectivity index (χ0n) is 23.0. The number of aromatic nitrogens is 2. The van der Waals surface area contributed by atoms with Gasteiger partial charge in [-0.15, -0.1) is 0 Å². The van der Waals surface area contributed by atoms with Crippen molar-refractivity contribution >= 4 is 35.0 Å². The molecule has 0 bridgehead atoms. The van der Waals surface area contributed by atoms with E-state index in [1.165, 1.54) is 42.8 Å². The lowest BCUT2D eigenvalue weighted by Crippen LogP contribution is -2.18. The Morgan fingerprint density at radius 1 is 0.907 bits per heavy atom. The predicted octanol–water partition coefficient (Wildman–Crippen LogP) is 5.79. The lowest BCUT2D eigenvalue weighted by molar-refractivity contribution is -0.115. The average molecular weight is 589 g/mol. The summed E-state index contributed by atoms with van der Waals surface area (Å²) in [6.07, 6.45) is 11.4. The number of nitrogens with one attached hydrogen (secondary N) is 4. The summed E-state index contributed by atoms with van der Waals surface area (Å²) < 4.78 is 39.0. The summed E-state index contributed by atoms with van der Waals surface area (Å²) in [4.78, 5) is 45.7. The molecule has 0 aliphatic heterocycles. The Morgan fingerprint density at radius 3 is 2.35 bits per heavy atom. The summed E-state index contributed by atoms with van der Waals surface area (Å²) in [6, 6.07) is 4.72. The highest BCUT2D eigenvalue weighted by atomic mass is 19.4. The molecule has 0 radical (unpaired) electrons. The van der Waals surface area contributed by atoms with Crippen LogP contribution in [0.15, 0.2) is 114 Å². The van der Waals surface area contributed by atoms with Gasteiger partial charge in [0.05, 0.1) is 18.1 Å². The van der Waals surface area contributed by atoms with Crippen molar-refractivity contribution in [3.8, 4) is 0 Å². The Hall–Kier alpha value is -5.52. The number of rotatable bonds is 8. The van der Waals surface area contributed by atoms with Gasteiger partial charge in [-0.1, -0.05) is 43.0 Å². The Bertz CT molecular complexity index is 1630. The Balaban J connectivity index is 1.36. The third-order valence-electron chi connectivity index (χ3n) is 6.23. The fourth-order valence-corrected chi connectivity index (χ4v) is 3.95. The second-order valence-corrected chi connectivity index (χ2v) is 9.38. The van der Waals surface area contributed by atoms with Crippen molar-refractivity contribution < 1.29 is 27.6 Å². The highest BCUT2D eigenvalue weighted by molar-refractivity contribution is 6.08. The van der Waals surface area contributed by atoms with E-state index >= 15 is 0 Å². The Kier molecular flexibility index (Phi) is 9.51. The summed E-state index contributed by atoms with van der Waals surface area (Å²) >= 11 is 0. The van der Waals surface area contributed by atoms with Gasteiger partial charge in [0.25, 0.3) is 11.8 Å². The first-order valence-corrected chi connectivity index (χ1v) is 13.0. The van der Waals surface area contributed by atoms with Gasteiger partial charge in [0.15, 0.2) is 0 Å². The predicted molar refractivity (Wildman–Crippen MR) is 158 cm³/mol. The zero-order valence-corrected chi connectivity index (χ0v) is 23.0. The molecule has 220 valence electrons. The van der Waals surface area contributed by atoms with Crippen molar-refractivity contribution in [3.05, 3.63) is 126 Å². The summed E-state index contributed by atoms with van der Waals surface area (Å²) in [7, 11) is 0. The number of aryl methyl sites for hydroxylation is 1. The molecule has 0 atom stereocenters. The van der Waals surface area contributed by atoms with Gasteiger partial charge in [-0.25, -0.2) is 9.97 Å². The van der Waals surface area contributed by atoms with Crippen LogP contribution in [0, 0.1) is 6.92 Å². The smallest absolute Gasteiger partial charge is 0.328 e. The molecule has 12 heteroatoms. The SMILES string of the molecule is C=CC(=O)NC1=CCC(Nc2ncc(NC(=O)c3cc(NC(=O)C4=CCC(C(F)(F)F)=CC=C4)ccc3C)cn2)=CC=C1. The molecule has 0 spiro atoms. The summed E-state index contributed by atoms with van der Waals surface area (Å²) in [5.74, 6) is -1.09. The highest BCUT2D eigenvalue weighted by Gasteiger charge is 2.32. The van der Waals surface area contributed by atoms with Gasteiger partial charge in [0, 0.05) is 40.2 Å². The average Bonchev–Trinajstić information content (AvgIpc) is 3.36. The summed E-state index contributed by atoms with van der Waals surface area (Å²) in [5, 5.41) is 11.1. The van der Waals surface area contributed by atoms with E-state index in [1.54, 1.807) is 31.2 Å². The zero-order chi connectivity index (χ0) is 31.0. The van der Waals surface area contributed by atoms with Gasteiger partial charge >= 0.3 is 6.18 Å². The molecule has 2 aliphatic carbocycles. The van der Waals surface area contributed by atoms with Gasteiger partial charge in [0.2, 0.25) is 11.9 Å². The molecular weight excluding hydrogens is 561 g/mol. The van der Waals surface area contributed by atoms with Gasteiger partial charge in [-0.3, -0.25) is 14.4 Å². The van der Waals surface area contributed by atoms with Crippen LogP contribution in [0.1, 0.15) is 28.8 Å². The van der Waals surface area contributed by atoms with Gasteiger partial charge in [-0.05, 0) is 55.3 Å². The summed E-state index contributed by atoms with van der Waals surface area (Å²) in [6.45, 7) is 5.15. The van der Waals surface area contributed by atoms with Crippen LogP contribution in [0.2, 0.25) is 0 Å². The van der Waals surface area contributed by atoms with Crippen molar-refractivity contribution in [1.29, 1.82) is 0 Å². The maximum Gasteiger partial charge on any atom is 0.412 e. The lowest BCUT2D eigenvalue weighted by atomic mass is 10.1. The van der Waals surface area contributed by atoms with Gasteiger partial charge < -0.3 is 21.3 Å². The topological polar surface area (TPSA) is 125 Å². The molecule has 43 heavy (non-hydrogen) atoms. The van der Waals surface area contributed by atoms with Crippen LogP contribution in [-0.2, 0) is 9.59 Å². The van der Waals surface area contributed by atoms with E-state index in [0.29, 0.717) is 35.0 Å². The highest BCUT2D eigenvalue weighted by Crippen LogP contribution is 2.30. The van der Waals surface area contributed by atoms with Crippen LogP contribution in [0.3, 0.4) is 0 Å². The molecule has 1 heterocycles. The molecule has 0 fully saturated rings. The molecule has 4 rings (SSSR count). The van der Waals surface area contributed by atoms with E-state index in [1.807, 2.05) is 12.2 Å². The number of carbonyl (C=O) groups is 3. The Morgan fingerprint density at radius 2 is 1.63 bits per heavy atom. The maximum atomic E-state index is 13.0. The molecule has 1 aromatic heterocycles. The molecule has 0 saturated heterocycles. The van der Waals surface area contributed by atoms with Crippen molar-refractivity contribution in [2.45, 2.75) is 25.9 Å². The van der Waals surface area contributed by atoms with E-state index < -0.39 is 30.0 Å². The first kappa shape index (κ1) is 30.4. The van der Waals surface area contributed by atoms with Crippen LogP contribution in [0.25, 0.3) is 0 Å². The molecule has 9 nitrogen and oxygen atoms in total. The van der Waals surface area contributed by atoms with E-state index in [9.17, 15) is 27.6 Å². The van der Waals surface area contributed by atoms with E-state index in [4.69, 9.17) is 0 Å². The van der Waals surface area contributed by atoms with Crippen molar-refractivity contribution in [1.82, 2.24) is 15.3 Å². The molecule has 4 N–H and O–H groups in total. The maximum absolute atomic E-state index is 13.0. The molecule has 3 amide bonds. The van der Waals surface area contributed by atoms with Crippen molar-refractivity contribution in [2.75, 3.05) is 16.0 Å².